The lowest BCUT2D eigenvalue weighted by Crippen LogP contribution is -2.17. The molecule has 2 N–H and O–H groups in total. The molecule has 2 rings (SSSR count). The van der Waals surface area contributed by atoms with Crippen molar-refractivity contribution in [1.29, 1.82) is 0 Å². The van der Waals surface area contributed by atoms with E-state index < -0.39 is 12.4 Å². The SMILES string of the molecule is COc1ccc([C@@H](N)c2ccc(OC(F)(F)F)cc2)c(OC)c1OC.Cl. The molecule has 0 spiro atoms. The van der Waals surface area contributed by atoms with E-state index in [-0.39, 0.29) is 18.2 Å². The molecule has 0 unspecified atom stereocenters. The molecular weight excluding hydrogens is 375 g/mol. The van der Waals surface area contributed by atoms with Crippen LogP contribution >= 0.6 is 12.4 Å². The third kappa shape index (κ3) is 4.86. The lowest BCUT2D eigenvalue weighted by atomic mass is 9.98. The van der Waals surface area contributed by atoms with Crippen LogP contribution in [-0.2, 0) is 0 Å². The minimum atomic E-state index is -4.74. The summed E-state index contributed by atoms with van der Waals surface area (Å²) in [6.07, 6.45) is -4.74. The summed E-state index contributed by atoms with van der Waals surface area (Å²) in [6, 6.07) is 8.08. The molecule has 0 amide bonds. The van der Waals surface area contributed by atoms with Crippen molar-refractivity contribution in [2.45, 2.75) is 12.4 Å². The van der Waals surface area contributed by atoms with Crippen LogP contribution in [-0.4, -0.2) is 27.7 Å². The van der Waals surface area contributed by atoms with Crippen LogP contribution in [0.3, 0.4) is 0 Å². The van der Waals surface area contributed by atoms with Gasteiger partial charge < -0.3 is 24.7 Å². The molecule has 2 aromatic rings. The van der Waals surface area contributed by atoms with Gasteiger partial charge in [-0.15, -0.1) is 25.6 Å². The molecule has 0 saturated heterocycles. The number of alkyl halides is 3. The van der Waals surface area contributed by atoms with E-state index in [1.165, 1.54) is 45.6 Å². The van der Waals surface area contributed by atoms with Crippen LogP contribution in [0.1, 0.15) is 17.2 Å². The van der Waals surface area contributed by atoms with E-state index in [9.17, 15) is 13.2 Å². The van der Waals surface area contributed by atoms with Crippen molar-refractivity contribution in [3.8, 4) is 23.0 Å². The van der Waals surface area contributed by atoms with Crippen molar-refractivity contribution in [3.05, 3.63) is 47.5 Å². The maximum atomic E-state index is 12.2. The van der Waals surface area contributed by atoms with Crippen molar-refractivity contribution in [3.63, 3.8) is 0 Å². The van der Waals surface area contributed by atoms with Crippen LogP contribution in [0, 0.1) is 0 Å². The van der Waals surface area contributed by atoms with Crippen LogP contribution in [0.15, 0.2) is 36.4 Å². The van der Waals surface area contributed by atoms with Gasteiger partial charge in [0, 0.05) is 5.56 Å². The van der Waals surface area contributed by atoms with Crippen molar-refractivity contribution < 1.29 is 32.1 Å². The fourth-order valence-corrected chi connectivity index (χ4v) is 2.43. The Bertz CT molecular complexity index is 723. The van der Waals surface area contributed by atoms with E-state index in [1.54, 1.807) is 12.1 Å². The summed E-state index contributed by atoms with van der Waals surface area (Å²) >= 11 is 0. The average Bonchev–Trinajstić information content (AvgIpc) is 2.58. The zero-order valence-corrected chi connectivity index (χ0v) is 15.1. The lowest BCUT2D eigenvalue weighted by molar-refractivity contribution is -0.274. The molecule has 0 radical (unpaired) electrons. The molecule has 0 bridgehead atoms. The average molecular weight is 394 g/mol. The van der Waals surface area contributed by atoms with Gasteiger partial charge in [0.2, 0.25) is 5.75 Å². The molecule has 0 aromatic heterocycles. The van der Waals surface area contributed by atoms with E-state index in [0.717, 1.165) is 0 Å². The molecular formula is C17H19ClF3NO4. The Morgan fingerprint density at radius 3 is 1.88 bits per heavy atom. The quantitative estimate of drug-likeness (QED) is 0.801. The smallest absolute Gasteiger partial charge is 0.493 e. The highest BCUT2D eigenvalue weighted by molar-refractivity contribution is 5.85. The maximum Gasteiger partial charge on any atom is 0.573 e. The molecule has 144 valence electrons. The summed E-state index contributed by atoms with van der Waals surface area (Å²) < 4.78 is 56.4. The predicted molar refractivity (Wildman–Crippen MR) is 92.5 cm³/mol. The van der Waals surface area contributed by atoms with Gasteiger partial charge in [-0.2, -0.15) is 0 Å². The van der Waals surface area contributed by atoms with Gasteiger partial charge in [-0.3, -0.25) is 0 Å². The van der Waals surface area contributed by atoms with Crippen molar-refractivity contribution >= 4 is 12.4 Å². The molecule has 0 saturated carbocycles. The third-order valence-electron chi connectivity index (χ3n) is 3.54. The number of benzene rings is 2. The van der Waals surface area contributed by atoms with E-state index in [1.807, 2.05) is 0 Å². The van der Waals surface area contributed by atoms with Gasteiger partial charge in [0.15, 0.2) is 11.5 Å². The first-order valence-electron chi connectivity index (χ1n) is 7.21. The first-order valence-corrected chi connectivity index (χ1v) is 7.21. The lowest BCUT2D eigenvalue weighted by Gasteiger charge is -2.20. The standard InChI is InChI=1S/C17H18F3NO4.ClH/c1-22-13-9-8-12(15(23-2)16(13)24-3)14(21)10-4-6-11(7-5-10)25-17(18,19)20;/h4-9,14H,21H2,1-3H3;1H/t14-;/m0./s1. The molecule has 0 aliphatic heterocycles. The second kappa shape index (κ2) is 8.86. The van der Waals surface area contributed by atoms with Crippen LogP contribution in [0.2, 0.25) is 0 Å². The Morgan fingerprint density at radius 1 is 0.846 bits per heavy atom. The second-order valence-electron chi connectivity index (χ2n) is 5.02. The Morgan fingerprint density at radius 2 is 1.42 bits per heavy atom. The largest absolute Gasteiger partial charge is 0.573 e. The highest BCUT2D eigenvalue weighted by atomic mass is 35.5. The fourth-order valence-electron chi connectivity index (χ4n) is 2.43. The highest BCUT2D eigenvalue weighted by Gasteiger charge is 2.31. The van der Waals surface area contributed by atoms with Crippen LogP contribution in [0.5, 0.6) is 23.0 Å². The summed E-state index contributed by atoms with van der Waals surface area (Å²) in [4.78, 5) is 0. The molecule has 2 aromatic carbocycles. The molecule has 1 atom stereocenters. The van der Waals surface area contributed by atoms with Gasteiger partial charge in [-0.25, -0.2) is 0 Å². The second-order valence-corrected chi connectivity index (χ2v) is 5.02. The number of ether oxygens (including phenoxy) is 4. The Hall–Kier alpha value is -2.32. The summed E-state index contributed by atoms with van der Waals surface area (Å²) in [7, 11) is 4.43. The fraction of sp³-hybridized carbons (Fsp3) is 0.294. The third-order valence-corrected chi connectivity index (χ3v) is 3.54. The molecule has 0 fully saturated rings. The Kier molecular flexibility index (Phi) is 7.41. The highest BCUT2D eigenvalue weighted by Crippen LogP contribution is 2.42. The summed E-state index contributed by atoms with van der Waals surface area (Å²) in [6.45, 7) is 0. The Labute approximate surface area is 155 Å². The van der Waals surface area contributed by atoms with Gasteiger partial charge in [0.25, 0.3) is 0 Å². The van der Waals surface area contributed by atoms with Gasteiger partial charge in [0.05, 0.1) is 27.4 Å². The minimum absolute atomic E-state index is 0. The zero-order chi connectivity index (χ0) is 18.6. The van der Waals surface area contributed by atoms with Crippen molar-refractivity contribution in [2.75, 3.05) is 21.3 Å². The molecule has 0 heterocycles. The van der Waals surface area contributed by atoms with E-state index in [4.69, 9.17) is 19.9 Å². The summed E-state index contributed by atoms with van der Waals surface area (Å²) in [5.74, 6) is 0.937. The number of hydrogen-bond acceptors (Lipinski definition) is 5. The van der Waals surface area contributed by atoms with Crippen LogP contribution < -0.4 is 24.7 Å². The number of nitrogens with two attached hydrogens (primary N) is 1. The van der Waals surface area contributed by atoms with Gasteiger partial charge in [0.1, 0.15) is 5.75 Å². The predicted octanol–water partition coefficient (Wildman–Crippen LogP) is 4.08. The summed E-state index contributed by atoms with van der Waals surface area (Å²) in [5, 5.41) is 0. The first-order chi connectivity index (χ1) is 11.8. The molecule has 26 heavy (non-hydrogen) atoms. The number of methoxy groups -OCH3 is 3. The number of halogens is 4. The van der Waals surface area contributed by atoms with Crippen LogP contribution in [0.4, 0.5) is 13.2 Å². The van der Waals surface area contributed by atoms with Crippen molar-refractivity contribution in [1.82, 2.24) is 0 Å². The van der Waals surface area contributed by atoms with E-state index in [2.05, 4.69) is 4.74 Å². The molecule has 0 aliphatic rings. The zero-order valence-electron chi connectivity index (χ0n) is 14.3. The molecule has 0 aliphatic carbocycles. The number of hydrogen-bond donors (Lipinski definition) is 1. The van der Waals surface area contributed by atoms with E-state index >= 15 is 0 Å². The first kappa shape index (κ1) is 21.7. The Balaban J connectivity index is 0.00000338. The van der Waals surface area contributed by atoms with Gasteiger partial charge in [-0.05, 0) is 29.8 Å². The monoisotopic (exact) mass is 393 g/mol. The van der Waals surface area contributed by atoms with E-state index in [0.29, 0.717) is 28.4 Å². The summed E-state index contributed by atoms with van der Waals surface area (Å²) in [5.41, 5.74) is 7.43. The van der Waals surface area contributed by atoms with Gasteiger partial charge >= 0.3 is 6.36 Å². The molecule has 9 heteroatoms. The molecule has 5 nitrogen and oxygen atoms in total. The topological polar surface area (TPSA) is 62.9 Å². The van der Waals surface area contributed by atoms with Crippen LogP contribution in [0.25, 0.3) is 0 Å². The minimum Gasteiger partial charge on any atom is -0.493 e. The normalized spacial score (nSPS) is 12.0. The van der Waals surface area contributed by atoms with Crippen molar-refractivity contribution in [2.24, 2.45) is 5.73 Å². The number of rotatable bonds is 6. The van der Waals surface area contributed by atoms with Gasteiger partial charge in [-0.1, -0.05) is 12.1 Å². The maximum absolute atomic E-state index is 12.2.